The Hall–Kier alpha value is -1.38. The van der Waals surface area contributed by atoms with Gasteiger partial charge in [0.2, 0.25) is 0 Å². The molecule has 0 aliphatic carbocycles. The molecular formula is C10H13NO2. The molecule has 1 aromatic rings. The largest absolute Gasteiger partial charge is 0.619 e. The van der Waals surface area contributed by atoms with E-state index in [0.717, 1.165) is 10.3 Å². The van der Waals surface area contributed by atoms with Gasteiger partial charge in [0.25, 0.3) is 0 Å². The lowest BCUT2D eigenvalue weighted by Gasteiger charge is -2.06. The third kappa shape index (κ3) is 2.86. The fourth-order valence-electron chi connectivity index (χ4n) is 1.12. The molecule has 13 heavy (non-hydrogen) atoms. The Morgan fingerprint density at radius 3 is 2.92 bits per heavy atom. The smallest absolute Gasteiger partial charge is 0.183 e. The summed E-state index contributed by atoms with van der Waals surface area (Å²) < 4.78 is 0.752. The zero-order valence-corrected chi connectivity index (χ0v) is 7.86. The maximum Gasteiger partial charge on any atom is 0.183 e. The Bertz CT molecular complexity index is 310. The van der Waals surface area contributed by atoms with Crippen LogP contribution >= 0.6 is 0 Å². The van der Waals surface area contributed by atoms with Crippen LogP contribution in [0.25, 0.3) is 0 Å². The van der Waals surface area contributed by atoms with Gasteiger partial charge in [0.15, 0.2) is 12.4 Å². The van der Waals surface area contributed by atoms with Gasteiger partial charge in [-0.2, -0.15) is 4.73 Å². The van der Waals surface area contributed by atoms with Crippen molar-refractivity contribution in [2.75, 3.05) is 0 Å². The Morgan fingerprint density at radius 2 is 2.38 bits per heavy atom. The molecule has 0 bridgehead atoms. The van der Waals surface area contributed by atoms with Crippen molar-refractivity contribution in [3.8, 4) is 0 Å². The molecule has 0 saturated carbocycles. The molecule has 0 fully saturated rings. The van der Waals surface area contributed by atoms with Gasteiger partial charge >= 0.3 is 0 Å². The highest BCUT2D eigenvalue weighted by molar-refractivity contribution is 5.78. The van der Waals surface area contributed by atoms with Crippen molar-refractivity contribution in [3.05, 3.63) is 35.3 Å². The standard InChI is InChI=1S/C10H13NO2/c1-8(9(2)12)6-10-4-3-5-11(13)7-10/h3-5,7-8H,6H2,1-2H3/t8-/m0/s1. The zero-order valence-electron chi connectivity index (χ0n) is 7.86. The maximum atomic E-state index is 10.9. The monoisotopic (exact) mass is 179 g/mol. The van der Waals surface area contributed by atoms with Crippen molar-refractivity contribution in [1.82, 2.24) is 0 Å². The Balaban J connectivity index is 2.69. The zero-order chi connectivity index (χ0) is 9.84. The number of carbonyl (C=O) groups is 1. The van der Waals surface area contributed by atoms with Gasteiger partial charge in [0.05, 0.1) is 0 Å². The van der Waals surface area contributed by atoms with Gasteiger partial charge in [-0.05, 0) is 19.4 Å². The first-order chi connectivity index (χ1) is 6.09. The second kappa shape index (κ2) is 4.03. The van der Waals surface area contributed by atoms with Gasteiger partial charge in [-0.15, -0.1) is 0 Å². The van der Waals surface area contributed by atoms with Crippen molar-refractivity contribution in [1.29, 1.82) is 0 Å². The molecule has 1 rings (SSSR count). The number of aromatic nitrogens is 1. The highest BCUT2D eigenvalue weighted by Gasteiger charge is 2.09. The average molecular weight is 179 g/mol. The minimum absolute atomic E-state index is 0.0117. The lowest BCUT2D eigenvalue weighted by molar-refractivity contribution is -0.605. The average Bonchev–Trinajstić information content (AvgIpc) is 2.04. The molecule has 1 aromatic heterocycles. The molecule has 0 saturated heterocycles. The van der Waals surface area contributed by atoms with E-state index >= 15 is 0 Å². The maximum absolute atomic E-state index is 10.9. The molecule has 0 unspecified atom stereocenters. The van der Waals surface area contributed by atoms with E-state index in [1.807, 2.05) is 13.0 Å². The van der Waals surface area contributed by atoms with Crippen molar-refractivity contribution >= 4 is 5.78 Å². The van der Waals surface area contributed by atoms with Crippen LogP contribution in [0.3, 0.4) is 0 Å². The van der Waals surface area contributed by atoms with Gasteiger partial charge in [0, 0.05) is 17.5 Å². The van der Waals surface area contributed by atoms with Crippen molar-refractivity contribution in [3.63, 3.8) is 0 Å². The highest BCUT2D eigenvalue weighted by atomic mass is 16.5. The Labute approximate surface area is 77.6 Å². The molecule has 0 radical (unpaired) electrons. The lowest BCUT2D eigenvalue weighted by Crippen LogP contribution is -2.25. The van der Waals surface area contributed by atoms with Crippen LogP contribution in [0.1, 0.15) is 19.4 Å². The van der Waals surface area contributed by atoms with E-state index in [9.17, 15) is 10.0 Å². The lowest BCUT2D eigenvalue weighted by atomic mass is 9.99. The van der Waals surface area contributed by atoms with E-state index in [4.69, 9.17) is 0 Å². The van der Waals surface area contributed by atoms with E-state index < -0.39 is 0 Å². The van der Waals surface area contributed by atoms with Gasteiger partial charge in [-0.3, -0.25) is 4.79 Å². The summed E-state index contributed by atoms with van der Waals surface area (Å²) in [5, 5.41) is 10.9. The number of Topliss-reactive ketones (excluding diaryl/α,β-unsaturated/α-hetero) is 1. The van der Waals surface area contributed by atoms with Gasteiger partial charge in [-0.1, -0.05) is 6.92 Å². The van der Waals surface area contributed by atoms with Crippen LogP contribution < -0.4 is 4.73 Å². The van der Waals surface area contributed by atoms with E-state index in [-0.39, 0.29) is 11.7 Å². The van der Waals surface area contributed by atoms with Gasteiger partial charge < -0.3 is 5.21 Å². The fraction of sp³-hybridized carbons (Fsp3) is 0.400. The summed E-state index contributed by atoms with van der Waals surface area (Å²) in [4.78, 5) is 10.9. The summed E-state index contributed by atoms with van der Waals surface area (Å²) in [6, 6.07) is 3.54. The Kier molecular flexibility index (Phi) is 3.01. The summed E-state index contributed by atoms with van der Waals surface area (Å²) in [5.74, 6) is 0.142. The number of hydrogen-bond donors (Lipinski definition) is 0. The molecule has 0 aliphatic rings. The number of hydrogen-bond acceptors (Lipinski definition) is 2. The van der Waals surface area contributed by atoms with Crippen LogP contribution in [0.5, 0.6) is 0 Å². The number of carbonyl (C=O) groups excluding carboxylic acids is 1. The van der Waals surface area contributed by atoms with Crippen LogP contribution in [-0.2, 0) is 11.2 Å². The van der Waals surface area contributed by atoms with Crippen LogP contribution in [-0.4, -0.2) is 5.78 Å². The molecule has 1 heterocycles. The van der Waals surface area contributed by atoms with Crippen molar-refractivity contribution in [2.24, 2.45) is 5.92 Å². The second-order valence-electron chi connectivity index (χ2n) is 3.29. The summed E-state index contributed by atoms with van der Waals surface area (Å²) in [6.07, 6.45) is 3.57. The van der Waals surface area contributed by atoms with Gasteiger partial charge in [-0.25, -0.2) is 0 Å². The predicted octanol–water partition coefficient (Wildman–Crippen LogP) is 1.09. The normalized spacial score (nSPS) is 12.5. The van der Waals surface area contributed by atoms with E-state index in [1.54, 1.807) is 13.0 Å². The van der Waals surface area contributed by atoms with E-state index in [1.165, 1.54) is 12.4 Å². The highest BCUT2D eigenvalue weighted by Crippen LogP contribution is 2.06. The third-order valence-electron chi connectivity index (χ3n) is 2.07. The van der Waals surface area contributed by atoms with Crippen LogP contribution in [0.2, 0.25) is 0 Å². The fourth-order valence-corrected chi connectivity index (χ4v) is 1.12. The summed E-state index contributed by atoms with van der Waals surface area (Å²) in [7, 11) is 0. The quantitative estimate of drug-likeness (QED) is 0.515. The minimum Gasteiger partial charge on any atom is -0.619 e. The molecule has 1 atom stereocenters. The number of pyridine rings is 1. The molecule has 0 N–H and O–H groups in total. The van der Waals surface area contributed by atoms with Crippen LogP contribution in [0.4, 0.5) is 0 Å². The SMILES string of the molecule is CC(=O)[C@@H](C)Cc1ccc[n+]([O-])c1. The van der Waals surface area contributed by atoms with Crippen molar-refractivity contribution in [2.45, 2.75) is 20.3 Å². The van der Waals surface area contributed by atoms with Crippen LogP contribution in [0.15, 0.2) is 24.5 Å². The first kappa shape index (κ1) is 9.71. The van der Waals surface area contributed by atoms with Gasteiger partial charge in [0.1, 0.15) is 5.78 Å². The molecule has 0 amide bonds. The first-order valence-corrected chi connectivity index (χ1v) is 4.27. The summed E-state index contributed by atoms with van der Waals surface area (Å²) >= 11 is 0. The van der Waals surface area contributed by atoms with E-state index in [2.05, 4.69) is 0 Å². The molecule has 3 nitrogen and oxygen atoms in total. The first-order valence-electron chi connectivity index (χ1n) is 4.27. The minimum atomic E-state index is -0.0117. The number of ketones is 1. The molecule has 70 valence electrons. The Morgan fingerprint density at radius 1 is 1.69 bits per heavy atom. The molecule has 0 spiro atoms. The second-order valence-corrected chi connectivity index (χ2v) is 3.29. The van der Waals surface area contributed by atoms with Crippen molar-refractivity contribution < 1.29 is 9.52 Å². The van der Waals surface area contributed by atoms with E-state index in [0.29, 0.717) is 6.42 Å². The molecule has 0 aliphatic heterocycles. The number of rotatable bonds is 3. The molecule has 0 aromatic carbocycles. The predicted molar refractivity (Wildman–Crippen MR) is 49.0 cm³/mol. The topological polar surface area (TPSA) is 44.0 Å². The summed E-state index contributed by atoms with van der Waals surface area (Å²) in [5.41, 5.74) is 0.903. The van der Waals surface area contributed by atoms with Crippen LogP contribution in [0, 0.1) is 11.1 Å². The molecular weight excluding hydrogens is 166 g/mol. The molecule has 3 heteroatoms. The number of nitrogens with zero attached hydrogens (tertiary/aromatic N) is 1. The summed E-state index contributed by atoms with van der Waals surface area (Å²) in [6.45, 7) is 3.43. The third-order valence-corrected chi connectivity index (χ3v) is 2.07.